The van der Waals surface area contributed by atoms with E-state index in [1.165, 1.54) is 6.92 Å². The average Bonchev–Trinajstić information content (AvgIpc) is 2.29. The first kappa shape index (κ1) is 18.7. The Hall–Kier alpha value is -0.650. The van der Waals surface area contributed by atoms with Gasteiger partial charge in [-0.1, -0.05) is 0 Å². The lowest BCUT2D eigenvalue weighted by Gasteiger charge is -2.07. The summed E-state index contributed by atoms with van der Waals surface area (Å²) >= 11 is 0. The summed E-state index contributed by atoms with van der Waals surface area (Å²) in [6.45, 7) is 5.93. The topological polar surface area (TPSA) is 65.0 Å². The van der Waals surface area contributed by atoms with Gasteiger partial charge >= 0.3 is 5.97 Å². The van der Waals surface area contributed by atoms with Crippen LogP contribution in [0.3, 0.4) is 0 Å². The minimum atomic E-state index is -0.233. The summed E-state index contributed by atoms with van der Waals surface area (Å²) in [5.74, 6) is -0.233. The fourth-order valence-electron chi connectivity index (χ4n) is 0.786. The molecule has 5 nitrogen and oxygen atoms in total. The molecule has 0 heterocycles. The van der Waals surface area contributed by atoms with E-state index in [1.807, 2.05) is 13.8 Å². The van der Waals surface area contributed by atoms with Crippen LogP contribution in [0, 0.1) is 0 Å². The first-order valence-corrected chi connectivity index (χ1v) is 5.77. The highest BCUT2D eigenvalue weighted by Gasteiger charge is 1.99. The molecule has 1 N–H and O–H groups in total. The molecule has 0 radical (unpaired) electrons. The molecule has 2 atom stereocenters. The quantitative estimate of drug-likeness (QED) is 0.691. The van der Waals surface area contributed by atoms with Gasteiger partial charge in [-0.25, -0.2) is 0 Å². The average molecular weight is 250 g/mol. The molecule has 0 rings (SSSR count). The third kappa shape index (κ3) is 17.9. The van der Waals surface area contributed by atoms with Gasteiger partial charge in [0.1, 0.15) is 0 Å². The van der Waals surface area contributed by atoms with Crippen molar-refractivity contribution in [3.8, 4) is 0 Å². The summed E-state index contributed by atoms with van der Waals surface area (Å²) in [6, 6.07) is 0. The zero-order valence-electron chi connectivity index (χ0n) is 11.6. The Kier molecular flexibility index (Phi) is 14.8. The summed E-state index contributed by atoms with van der Waals surface area (Å²) in [5.41, 5.74) is 0. The molecule has 0 saturated carbocycles. The van der Waals surface area contributed by atoms with Crippen LogP contribution in [-0.4, -0.2) is 50.7 Å². The third-order valence-electron chi connectivity index (χ3n) is 2.17. The van der Waals surface area contributed by atoms with E-state index in [0.29, 0.717) is 6.61 Å². The number of ether oxygens (including phenoxy) is 3. The molecule has 0 bridgehead atoms. The predicted octanol–water partition coefficient (Wildman–Crippen LogP) is 1.38. The van der Waals surface area contributed by atoms with Crippen molar-refractivity contribution < 1.29 is 24.1 Å². The predicted molar refractivity (Wildman–Crippen MR) is 65.9 cm³/mol. The summed E-state index contributed by atoms with van der Waals surface area (Å²) in [6.07, 6.45) is 1.86. The van der Waals surface area contributed by atoms with E-state index in [2.05, 4.69) is 0 Å². The molecule has 0 spiro atoms. The molecule has 0 amide bonds. The van der Waals surface area contributed by atoms with E-state index >= 15 is 0 Å². The summed E-state index contributed by atoms with van der Waals surface area (Å²) < 4.78 is 14.5. The van der Waals surface area contributed by atoms with Gasteiger partial charge < -0.3 is 19.3 Å². The van der Waals surface area contributed by atoms with Crippen LogP contribution in [0.15, 0.2) is 0 Å². The van der Waals surface area contributed by atoms with Gasteiger partial charge in [-0.05, 0) is 20.3 Å². The van der Waals surface area contributed by atoms with Crippen LogP contribution < -0.4 is 0 Å². The van der Waals surface area contributed by atoms with Crippen molar-refractivity contribution in [3.63, 3.8) is 0 Å². The van der Waals surface area contributed by atoms with Crippen LogP contribution >= 0.6 is 0 Å². The Bertz CT molecular complexity index is 172. The molecule has 0 aliphatic carbocycles. The van der Waals surface area contributed by atoms with E-state index in [0.717, 1.165) is 12.8 Å². The molecule has 5 heteroatoms. The van der Waals surface area contributed by atoms with Crippen molar-refractivity contribution in [2.24, 2.45) is 0 Å². The van der Waals surface area contributed by atoms with Gasteiger partial charge in [-0.3, -0.25) is 4.79 Å². The molecular formula is C12H26O5. The number of aliphatic hydroxyl groups excluding tert-OH is 1. The maximum absolute atomic E-state index is 10.3. The minimum Gasteiger partial charge on any atom is -0.466 e. The Morgan fingerprint density at radius 1 is 1.12 bits per heavy atom. The molecule has 2 unspecified atom stereocenters. The molecule has 0 saturated heterocycles. The number of esters is 1. The zero-order valence-corrected chi connectivity index (χ0v) is 11.6. The van der Waals surface area contributed by atoms with Crippen molar-refractivity contribution in [2.45, 2.75) is 45.8 Å². The first-order valence-electron chi connectivity index (χ1n) is 5.77. The van der Waals surface area contributed by atoms with Crippen molar-refractivity contribution in [2.75, 3.05) is 27.4 Å². The van der Waals surface area contributed by atoms with Crippen LogP contribution in [0.25, 0.3) is 0 Å². The number of methoxy groups -OCH3 is 2. The van der Waals surface area contributed by atoms with E-state index in [4.69, 9.17) is 19.3 Å². The van der Waals surface area contributed by atoms with Gasteiger partial charge in [0, 0.05) is 34.2 Å². The van der Waals surface area contributed by atoms with E-state index < -0.39 is 0 Å². The van der Waals surface area contributed by atoms with Crippen molar-refractivity contribution in [1.29, 1.82) is 0 Å². The monoisotopic (exact) mass is 250 g/mol. The highest BCUT2D eigenvalue weighted by atomic mass is 16.5. The second-order valence-corrected chi connectivity index (χ2v) is 3.73. The fraction of sp³-hybridized carbons (Fsp3) is 0.917. The normalized spacial score (nSPS) is 13.3. The summed E-state index contributed by atoms with van der Waals surface area (Å²) in [4.78, 5) is 10.3. The van der Waals surface area contributed by atoms with Gasteiger partial charge in [-0.2, -0.15) is 0 Å². The Morgan fingerprint density at radius 2 is 1.59 bits per heavy atom. The van der Waals surface area contributed by atoms with Crippen molar-refractivity contribution in [1.82, 2.24) is 0 Å². The summed E-state index contributed by atoms with van der Waals surface area (Å²) in [7, 11) is 3.28. The highest BCUT2D eigenvalue weighted by Crippen LogP contribution is 1.94. The molecule has 0 aromatic heterocycles. The molecule has 17 heavy (non-hydrogen) atoms. The van der Waals surface area contributed by atoms with Crippen LogP contribution in [-0.2, 0) is 19.0 Å². The number of hydrogen-bond acceptors (Lipinski definition) is 5. The Labute approximate surface area is 104 Å². The van der Waals surface area contributed by atoms with Gasteiger partial charge in [0.05, 0.1) is 18.8 Å². The van der Waals surface area contributed by atoms with Crippen LogP contribution in [0.5, 0.6) is 0 Å². The zero-order chi connectivity index (χ0) is 13.7. The van der Waals surface area contributed by atoms with Crippen molar-refractivity contribution in [3.05, 3.63) is 0 Å². The molecule has 0 aromatic rings. The second kappa shape index (κ2) is 13.4. The molecule has 0 aromatic carbocycles. The summed E-state index contributed by atoms with van der Waals surface area (Å²) in [5, 5.41) is 8.29. The van der Waals surface area contributed by atoms with Crippen molar-refractivity contribution >= 4 is 5.97 Å². The van der Waals surface area contributed by atoms with E-state index in [9.17, 15) is 4.79 Å². The fourth-order valence-corrected chi connectivity index (χ4v) is 0.786. The first-order chi connectivity index (χ1) is 7.97. The SMILES string of the molecule is COC(C)CCO.COC(C)CCOC(C)=O. The Balaban J connectivity index is 0. The number of carbonyl (C=O) groups excluding carboxylic acids is 1. The number of carbonyl (C=O) groups is 1. The van der Waals surface area contributed by atoms with Gasteiger partial charge in [0.15, 0.2) is 0 Å². The molecule has 0 aliphatic heterocycles. The molecule has 0 aliphatic rings. The second-order valence-electron chi connectivity index (χ2n) is 3.73. The lowest BCUT2D eigenvalue weighted by Crippen LogP contribution is -2.10. The lowest BCUT2D eigenvalue weighted by molar-refractivity contribution is -0.141. The standard InChI is InChI=1S/C7H14O3.C5H12O2/c1-6(9-3)4-5-10-7(2)8;1-5(7-2)3-4-6/h6H,4-5H2,1-3H3;5-6H,3-4H2,1-2H3. The lowest BCUT2D eigenvalue weighted by atomic mass is 10.3. The minimum absolute atomic E-state index is 0.166. The Morgan fingerprint density at radius 3 is 1.88 bits per heavy atom. The van der Waals surface area contributed by atoms with E-state index in [1.54, 1.807) is 14.2 Å². The largest absolute Gasteiger partial charge is 0.466 e. The van der Waals surface area contributed by atoms with Gasteiger partial charge in [-0.15, -0.1) is 0 Å². The highest BCUT2D eigenvalue weighted by molar-refractivity contribution is 5.65. The maximum atomic E-state index is 10.3. The van der Waals surface area contributed by atoms with Crippen LogP contribution in [0.1, 0.15) is 33.6 Å². The third-order valence-corrected chi connectivity index (χ3v) is 2.17. The van der Waals surface area contributed by atoms with E-state index in [-0.39, 0.29) is 24.8 Å². The number of rotatable bonds is 7. The molecule has 0 fully saturated rings. The number of aliphatic hydroxyl groups is 1. The smallest absolute Gasteiger partial charge is 0.302 e. The van der Waals surface area contributed by atoms with Crippen LogP contribution in [0.2, 0.25) is 0 Å². The van der Waals surface area contributed by atoms with Gasteiger partial charge in [0.25, 0.3) is 0 Å². The maximum Gasteiger partial charge on any atom is 0.302 e. The molecular weight excluding hydrogens is 224 g/mol. The number of hydrogen-bond donors (Lipinski definition) is 1. The van der Waals surface area contributed by atoms with Gasteiger partial charge in [0.2, 0.25) is 0 Å². The molecule has 104 valence electrons. The van der Waals surface area contributed by atoms with Crippen LogP contribution in [0.4, 0.5) is 0 Å².